The molecule has 8 heteroatoms. The standard InChI is InChI=1S/C19H19F2NO4S/c1-19(17(24)25)9-2-10-22(11-19)16(23)15-8-7-14(27-15)12-3-5-13(6-4-12)26-18(20)21/h3-8,18H,2,9-11H2,1H3,(H,24,25). The maximum absolute atomic E-state index is 12.8. The molecule has 0 aliphatic carbocycles. The number of carboxylic acid groups (broad SMARTS) is 1. The van der Waals surface area contributed by atoms with E-state index in [1.807, 2.05) is 0 Å². The van der Waals surface area contributed by atoms with Crippen molar-refractivity contribution in [2.24, 2.45) is 5.41 Å². The Morgan fingerprint density at radius 1 is 1.22 bits per heavy atom. The van der Waals surface area contributed by atoms with Crippen LogP contribution in [0, 0.1) is 5.41 Å². The molecule has 0 bridgehead atoms. The summed E-state index contributed by atoms with van der Waals surface area (Å²) in [5, 5.41) is 9.40. The Labute approximate surface area is 159 Å². The largest absolute Gasteiger partial charge is 0.481 e. The van der Waals surface area contributed by atoms with E-state index in [4.69, 9.17) is 0 Å². The maximum atomic E-state index is 12.8. The summed E-state index contributed by atoms with van der Waals surface area (Å²) in [5.74, 6) is -1.00. The van der Waals surface area contributed by atoms with Gasteiger partial charge in [-0.3, -0.25) is 9.59 Å². The molecule has 1 aromatic heterocycles. The number of carbonyl (C=O) groups is 2. The molecule has 1 saturated heterocycles. The first-order valence-electron chi connectivity index (χ1n) is 8.46. The summed E-state index contributed by atoms with van der Waals surface area (Å²) in [6.45, 7) is -0.483. The number of aliphatic carboxylic acids is 1. The molecule has 0 saturated carbocycles. The first-order valence-corrected chi connectivity index (χ1v) is 9.28. The van der Waals surface area contributed by atoms with Crippen LogP contribution < -0.4 is 4.74 Å². The Morgan fingerprint density at radius 3 is 2.56 bits per heavy atom. The van der Waals surface area contributed by atoms with Crippen LogP contribution in [0.4, 0.5) is 8.78 Å². The SMILES string of the molecule is CC1(C(=O)O)CCCN(C(=O)c2ccc(-c3ccc(OC(F)F)cc3)s2)C1. The summed E-state index contributed by atoms with van der Waals surface area (Å²) in [7, 11) is 0. The van der Waals surface area contributed by atoms with E-state index >= 15 is 0 Å². The quantitative estimate of drug-likeness (QED) is 0.818. The van der Waals surface area contributed by atoms with Crippen molar-refractivity contribution in [2.45, 2.75) is 26.4 Å². The van der Waals surface area contributed by atoms with E-state index in [1.165, 1.54) is 23.5 Å². The minimum atomic E-state index is -2.87. The molecule has 5 nitrogen and oxygen atoms in total. The second-order valence-corrected chi connectivity index (χ2v) is 7.85. The van der Waals surface area contributed by atoms with Gasteiger partial charge >= 0.3 is 12.6 Å². The molecule has 1 aliphatic rings. The molecule has 2 aromatic rings. The fourth-order valence-electron chi connectivity index (χ4n) is 3.15. The highest BCUT2D eigenvalue weighted by Crippen LogP contribution is 2.33. The zero-order chi connectivity index (χ0) is 19.6. The molecule has 1 aromatic carbocycles. The van der Waals surface area contributed by atoms with Crippen LogP contribution in [0.25, 0.3) is 10.4 Å². The van der Waals surface area contributed by atoms with Gasteiger partial charge in [0.2, 0.25) is 0 Å². The summed E-state index contributed by atoms with van der Waals surface area (Å²) < 4.78 is 28.8. The number of alkyl halides is 2. The molecule has 1 atom stereocenters. The van der Waals surface area contributed by atoms with Gasteiger partial charge in [0.25, 0.3) is 5.91 Å². The monoisotopic (exact) mass is 395 g/mol. The van der Waals surface area contributed by atoms with E-state index in [0.29, 0.717) is 24.3 Å². The van der Waals surface area contributed by atoms with Gasteiger partial charge in [-0.1, -0.05) is 0 Å². The third kappa shape index (κ3) is 4.27. The molecule has 2 heterocycles. The van der Waals surface area contributed by atoms with Gasteiger partial charge < -0.3 is 14.7 Å². The van der Waals surface area contributed by atoms with Crippen molar-refractivity contribution in [1.29, 1.82) is 0 Å². The highest BCUT2D eigenvalue weighted by atomic mass is 32.1. The average Bonchev–Trinajstić information content (AvgIpc) is 3.11. The Kier molecular flexibility index (Phi) is 5.46. The highest BCUT2D eigenvalue weighted by Gasteiger charge is 2.39. The second-order valence-electron chi connectivity index (χ2n) is 6.76. The first-order chi connectivity index (χ1) is 12.8. The fraction of sp³-hybridized carbons (Fsp3) is 0.368. The van der Waals surface area contributed by atoms with Crippen LogP contribution in [-0.4, -0.2) is 41.6 Å². The van der Waals surface area contributed by atoms with Crippen LogP contribution in [0.2, 0.25) is 0 Å². The zero-order valence-corrected chi connectivity index (χ0v) is 15.5. The van der Waals surface area contributed by atoms with Crippen LogP contribution >= 0.6 is 11.3 Å². The zero-order valence-electron chi connectivity index (χ0n) is 14.7. The molecule has 1 N–H and O–H groups in total. The van der Waals surface area contributed by atoms with Crippen molar-refractivity contribution in [3.8, 4) is 16.2 Å². The van der Waals surface area contributed by atoms with Gasteiger partial charge in [-0.25, -0.2) is 0 Å². The number of ether oxygens (including phenoxy) is 1. The van der Waals surface area contributed by atoms with Gasteiger partial charge in [0.15, 0.2) is 0 Å². The number of hydrogen-bond acceptors (Lipinski definition) is 4. The second kappa shape index (κ2) is 7.64. The number of amides is 1. The van der Waals surface area contributed by atoms with Gasteiger partial charge in [0, 0.05) is 18.0 Å². The van der Waals surface area contributed by atoms with Crippen molar-refractivity contribution in [2.75, 3.05) is 13.1 Å². The molecular formula is C19H19F2NO4S. The Bertz CT molecular complexity index is 836. The van der Waals surface area contributed by atoms with Gasteiger partial charge in [0.05, 0.1) is 10.3 Å². The predicted molar refractivity (Wildman–Crippen MR) is 97.3 cm³/mol. The molecule has 1 unspecified atom stereocenters. The van der Waals surface area contributed by atoms with Gasteiger partial charge in [-0.2, -0.15) is 8.78 Å². The van der Waals surface area contributed by atoms with Crippen LogP contribution in [-0.2, 0) is 4.79 Å². The summed E-state index contributed by atoms with van der Waals surface area (Å²) >= 11 is 1.29. The van der Waals surface area contributed by atoms with Crippen LogP contribution in [0.5, 0.6) is 5.75 Å². The summed E-state index contributed by atoms with van der Waals surface area (Å²) in [6.07, 6.45) is 1.20. The van der Waals surface area contributed by atoms with Crippen LogP contribution in [0.15, 0.2) is 36.4 Å². The molecular weight excluding hydrogens is 376 g/mol. The number of hydrogen-bond donors (Lipinski definition) is 1. The number of rotatable bonds is 5. The molecule has 0 radical (unpaired) electrons. The molecule has 1 amide bonds. The van der Waals surface area contributed by atoms with Crippen molar-refractivity contribution >= 4 is 23.2 Å². The van der Waals surface area contributed by atoms with Gasteiger partial charge in [-0.15, -0.1) is 11.3 Å². The number of nitrogens with zero attached hydrogens (tertiary/aromatic N) is 1. The highest BCUT2D eigenvalue weighted by molar-refractivity contribution is 7.17. The first kappa shape index (κ1) is 19.3. The fourth-order valence-corrected chi connectivity index (χ4v) is 4.13. The number of piperidine rings is 1. The van der Waals surface area contributed by atoms with Crippen molar-refractivity contribution in [3.05, 3.63) is 41.3 Å². The number of benzene rings is 1. The van der Waals surface area contributed by atoms with Gasteiger partial charge in [-0.05, 0) is 61.7 Å². The average molecular weight is 395 g/mol. The van der Waals surface area contributed by atoms with Crippen molar-refractivity contribution in [3.63, 3.8) is 0 Å². The maximum Gasteiger partial charge on any atom is 0.387 e. The van der Waals surface area contributed by atoms with E-state index in [0.717, 1.165) is 10.4 Å². The lowest BCUT2D eigenvalue weighted by Crippen LogP contribution is -2.48. The summed E-state index contributed by atoms with van der Waals surface area (Å²) in [5.41, 5.74) is -0.135. The van der Waals surface area contributed by atoms with Gasteiger partial charge in [0.1, 0.15) is 5.75 Å². The van der Waals surface area contributed by atoms with Crippen LogP contribution in [0.3, 0.4) is 0 Å². The summed E-state index contributed by atoms with van der Waals surface area (Å²) in [4.78, 5) is 27.2. The molecule has 1 aliphatic heterocycles. The Morgan fingerprint density at radius 2 is 1.93 bits per heavy atom. The van der Waals surface area contributed by atoms with E-state index in [2.05, 4.69) is 4.74 Å². The van der Waals surface area contributed by atoms with E-state index < -0.39 is 18.0 Å². The minimum absolute atomic E-state index is 0.0721. The lowest BCUT2D eigenvalue weighted by molar-refractivity contribution is -0.150. The predicted octanol–water partition coefficient (Wildman–Crippen LogP) is 4.34. The van der Waals surface area contributed by atoms with E-state index in [-0.39, 0.29) is 18.2 Å². The van der Waals surface area contributed by atoms with Crippen LogP contribution in [0.1, 0.15) is 29.4 Å². The third-order valence-electron chi connectivity index (χ3n) is 4.68. The molecule has 0 spiro atoms. The summed E-state index contributed by atoms with van der Waals surface area (Å²) in [6, 6.07) is 9.71. The third-order valence-corrected chi connectivity index (χ3v) is 5.80. The van der Waals surface area contributed by atoms with E-state index in [1.54, 1.807) is 36.1 Å². The molecule has 3 rings (SSSR count). The molecule has 144 valence electrons. The number of halogens is 2. The van der Waals surface area contributed by atoms with Crippen molar-refractivity contribution in [1.82, 2.24) is 4.90 Å². The van der Waals surface area contributed by atoms with E-state index in [9.17, 15) is 23.5 Å². The molecule has 1 fully saturated rings. The topological polar surface area (TPSA) is 66.8 Å². The normalized spacial score (nSPS) is 19.9. The number of likely N-dealkylation sites (tertiary alicyclic amines) is 1. The number of carboxylic acids is 1. The Balaban J connectivity index is 1.73. The Hall–Kier alpha value is -2.48. The number of carbonyl (C=O) groups excluding carboxylic acids is 1. The minimum Gasteiger partial charge on any atom is -0.481 e. The number of thiophene rings is 1. The molecule has 27 heavy (non-hydrogen) atoms. The lowest BCUT2D eigenvalue weighted by Gasteiger charge is -2.37. The van der Waals surface area contributed by atoms with Crippen molar-refractivity contribution < 1.29 is 28.2 Å². The smallest absolute Gasteiger partial charge is 0.387 e. The lowest BCUT2D eigenvalue weighted by atomic mass is 9.82.